The van der Waals surface area contributed by atoms with Gasteiger partial charge in [-0.3, -0.25) is 9.59 Å². The summed E-state index contributed by atoms with van der Waals surface area (Å²) < 4.78 is 84.2. The van der Waals surface area contributed by atoms with Gasteiger partial charge in [0.25, 0.3) is 11.8 Å². The molecule has 36 heavy (non-hydrogen) atoms. The van der Waals surface area contributed by atoms with E-state index in [-0.39, 0.29) is 22.9 Å². The highest BCUT2D eigenvalue weighted by atomic mass is 35.5. The first-order chi connectivity index (χ1) is 16.9. The molecule has 1 atom stereocenters. The number of amides is 2. The van der Waals surface area contributed by atoms with E-state index in [0.717, 1.165) is 36.4 Å². The van der Waals surface area contributed by atoms with E-state index >= 15 is 0 Å². The Bertz CT molecular complexity index is 1280. The lowest BCUT2D eigenvalue weighted by Gasteiger charge is -2.25. The van der Waals surface area contributed by atoms with Crippen molar-refractivity contribution in [2.75, 3.05) is 13.2 Å². The number of ether oxygens (including phenoxy) is 1. The van der Waals surface area contributed by atoms with E-state index in [1.807, 2.05) is 4.72 Å². The van der Waals surface area contributed by atoms with Crippen LogP contribution in [0.15, 0.2) is 36.4 Å². The highest BCUT2D eigenvalue weighted by molar-refractivity contribution is 7.91. The fourth-order valence-electron chi connectivity index (χ4n) is 3.89. The molecular weight excluding hydrogens is 528 g/mol. The summed E-state index contributed by atoms with van der Waals surface area (Å²) in [4.78, 5) is 26.6. The van der Waals surface area contributed by atoms with Gasteiger partial charge in [-0.05, 0) is 56.0 Å². The van der Waals surface area contributed by atoms with E-state index in [1.54, 1.807) is 0 Å². The average Bonchev–Trinajstić information content (AvgIpc) is 3.58. The first-order valence-electron chi connectivity index (χ1n) is 11.0. The molecule has 0 bridgehead atoms. The smallest absolute Gasteiger partial charge is 0.416 e. The second kappa shape index (κ2) is 9.89. The van der Waals surface area contributed by atoms with Crippen LogP contribution >= 0.6 is 11.6 Å². The first-order valence-corrected chi connectivity index (χ1v) is 13.0. The number of carbonyl (C=O) groups is 2. The Balaban J connectivity index is 1.41. The molecule has 0 aromatic heterocycles. The largest absolute Gasteiger partial charge is 0.490 e. The highest BCUT2D eigenvalue weighted by Gasteiger charge is 2.37. The van der Waals surface area contributed by atoms with Crippen LogP contribution in [0.2, 0.25) is 5.02 Å². The molecule has 0 spiro atoms. The Morgan fingerprint density at radius 2 is 1.78 bits per heavy atom. The number of alkyl halides is 3. The molecule has 0 unspecified atom stereocenters. The molecule has 1 aliphatic heterocycles. The van der Waals surface area contributed by atoms with Crippen molar-refractivity contribution in [3.8, 4) is 5.75 Å². The summed E-state index contributed by atoms with van der Waals surface area (Å²) in [6.07, 6.45) is -2.47. The Morgan fingerprint density at radius 1 is 1.11 bits per heavy atom. The molecule has 2 aromatic rings. The lowest BCUT2D eigenvalue weighted by Crippen LogP contribution is -2.39. The zero-order valence-corrected chi connectivity index (χ0v) is 20.2. The van der Waals surface area contributed by atoms with Crippen molar-refractivity contribution in [3.63, 3.8) is 0 Å². The number of hydrogen-bond acceptors (Lipinski definition) is 5. The SMILES string of the molecule is O=C(NS(=O)(=O)C1CC1)c1cc(Cl)c(OC[C@H]2CCCN2C(=O)c2ccc(C(F)(F)F)cc2)cc1F. The minimum Gasteiger partial charge on any atom is -0.490 e. The van der Waals surface area contributed by atoms with Crippen LogP contribution < -0.4 is 9.46 Å². The zero-order chi connectivity index (χ0) is 26.3. The second-order valence-electron chi connectivity index (χ2n) is 8.62. The molecule has 1 heterocycles. The number of carbonyl (C=O) groups excluding carboxylic acids is 2. The number of hydrogen-bond donors (Lipinski definition) is 1. The molecule has 1 aliphatic carbocycles. The highest BCUT2D eigenvalue weighted by Crippen LogP contribution is 2.32. The van der Waals surface area contributed by atoms with E-state index in [4.69, 9.17) is 16.3 Å². The fourth-order valence-corrected chi connectivity index (χ4v) is 5.40. The van der Waals surface area contributed by atoms with Crippen molar-refractivity contribution in [3.05, 3.63) is 63.9 Å². The third-order valence-electron chi connectivity index (χ3n) is 5.99. The third kappa shape index (κ3) is 5.75. The van der Waals surface area contributed by atoms with E-state index in [1.165, 1.54) is 4.90 Å². The van der Waals surface area contributed by atoms with Crippen molar-refractivity contribution in [1.29, 1.82) is 0 Å². The summed E-state index contributed by atoms with van der Waals surface area (Å²) in [6.45, 7) is 0.289. The second-order valence-corrected chi connectivity index (χ2v) is 11.0. The van der Waals surface area contributed by atoms with Crippen molar-refractivity contribution in [2.45, 2.75) is 43.2 Å². The summed E-state index contributed by atoms with van der Waals surface area (Å²) in [5.41, 5.74) is -1.33. The Hall–Kier alpha value is -2.86. The number of halogens is 5. The van der Waals surface area contributed by atoms with E-state index in [2.05, 4.69) is 0 Å². The predicted octanol–water partition coefficient (Wildman–Crippen LogP) is 4.40. The van der Waals surface area contributed by atoms with Crippen LogP contribution in [-0.4, -0.2) is 49.6 Å². The topological polar surface area (TPSA) is 92.8 Å². The van der Waals surface area contributed by atoms with Gasteiger partial charge in [-0.15, -0.1) is 0 Å². The molecular formula is C23H21ClF4N2O5S. The maximum atomic E-state index is 14.6. The number of nitrogens with one attached hydrogen (secondary N) is 1. The maximum Gasteiger partial charge on any atom is 0.416 e. The minimum atomic E-state index is -4.51. The predicted molar refractivity (Wildman–Crippen MR) is 122 cm³/mol. The Labute approximate surface area is 209 Å². The van der Waals surface area contributed by atoms with Gasteiger partial charge in [0.1, 0.15) is 18.2 Å². The molecule has 2 fully saturated rings. The van der Waals surface area contributed by atoms with Crippen molar-refractivity contribution in [1.82, 2.24) is 9.62 Å². The molecule has 1 saturated heterocycles. The molecule has 194 valence electrons. The minimum absolute atomic E-state index is 0.0763. The van der Waals surface area contributed by atoms with Gasteiger partial charge < -0.3 is 9.64 Å². The molecule has 0 radical (unpaired) electrons. The van der Waals surface area contributed by atoms with Crippen LogP contribution in [0.4, 0.5) is 17.6 Å². The fraction of sp³-hybridized carbons (Fsp3) is 0.391. The van der Waals surface area contributed by atoms with Crippen LogP contribution in [0.5, 0.6) is 5.75 Å². The van der Waals surface area contributed by atoms with Gasteiger partial charge in [0, 0.05) is 18.2 Å². The summed E-state index contributed by atoms with van der Waals surface area (Å²) >= 11 is 6.13. The molecule has 7 nitrogen and oxygen atoms in total. The van der Waals surface area contributed by atoms with Crippen molar-refractivity contribution >= 4 is 33.4 Å². The summed E-state index contributed by atoms with van der Waals surface area (Å²) in [6, 6.07) is 5.28. The van der Waals surface area contributed by atoms with Gasteiger partial charge >= 0.3 is 6.18 Å². The van der Waals surface area contributed by atoms with Gasteiger partial charge in [-0.1, -0.05) is 11.6 Å². The van der Waals surface area contributed by atoms with Crippen molar-refractivity contribution < 1.29 is 40.3 Å². The van der Waals surface area contributed by atoms with E-state index < -0.39 is 56.2 Å². The lowest BCUT2D eigenvalue weighted by molar-refractivity contribution is -0.137. The van der Waals surface area contributed by atoms with Gasteiger partial charge in [-0.25, -0.2) is 17.5 Å². The normalized spacial score (nSPS) is 18.2. The van der Waals surface area contributed by atoms with Gasteiger partial charge in [0.15, 0.2) is 0 Å². The number of sulfonamides is 1. The number of nitrogens with zero attached hydrogens (tertiary/aromatic N) is 1. The monoisotopic (exact) mass is 548 g/mol. The molecule has 2 amide bonds. The Kier molecular flexibility index (Phi) is 7.20. The molecule has 13 heteroatoms. The van der Waals surface area contributed by atoms with Crippen LogP contribution in [0.1, 0.15) is 52.0 Å². The van der Waals surface area contributed by atoms with E-state index in [0.29, 0.717) is 32.2 Å². The maximum absolute atomic E-state index is 14.6. The van der Waals surface area contributed by atoms with Gasteiger partial charge in [0.05, 0.1) is 27.4 Å². The number of benzene rings is 2. The van der Waals surface area contributed by atoms with Crippen LogP contribution in [0, 0.1) is 5.82 Å². The number of likely N-dealkylation sites (tertiary alicyclic amines) is 1. The summed E-state index contributed by atoms with van der Waals surface area (Å²) in [5.74, 6) is -2.75. The Morgan fingerprint density at radius 3 is 2.39 bits per heavy atom. The summed E-state index contributed by atoms with van der Waals surface area (Å²) in [7, 11) is -3.88. The first kappa shape index (κ1) is 26.2. The molecule has 4 rings (SSSR count). The lowest BCUT2D eigenvalue weighted by atomic mass is 10.1. The van der Waals surface area contributed by atoms with Crippen LogP contribution in [0.3, 0.4) is 0 Å². The molecule has 1 N–H and O–H groups in total. The van der Waals surface area contributed by atoms with Crippen LogP contribution in [-0.2, 0) is 16.2 Å². The molecule has 2 aliphatic rings. The number of rotatable bonds is 7. The standard InChI is InChI=1S/C23H21ClF4N2O5S/c24-18-10-17(21(31)29-36(33,34)16-7-8-16)19(25)11-20(18)35-12-15-2-1-9-30(15)22(32)13-3-5-14(6-4-13)23(26,27)28/h3-6,10-11,15-16H,1-2,7-9,12H2,(H,29,31)/t15-/m1/s1. The quantitative estimate of drug-likeness (QED) is 0.518. The van der Waals surface area contributed by atoms with Gasteiger partial charge in [-0.2, -0.15) is 13.2 Å². The molecule has 1 saturated carbocycles. The third-order valence-corrected chi connectivity index (χ3v) is 8.11. The zero-order valence-electron chi connectivity index (χ0n) is 18.6. The van der Waals surface area contributed by atoms with Gasteiger partial charge in [0.2, 0.25) is 10.0 Å². The van der Waals surface area contributed by atoms with E-state index in [9.17, 15) is 35.6 Å². The average molecular weight is 549 g/mol. The summed E-state index contributed by atoms with van der Waals surface area (Å²) in [5, 5.41) is -0.800. The van der Waals surface area contributed by atoms with Crippen molar-refractivity contribution in [2.24, 2.45) is 0 Å². The van der Waals surface area contributed by atoms with Crippen LogP contribution in [0.25, 0.3) is 0 Å². The molecule has 2 aromatic carbocycles.